The van der Waals surface area contributed by atoms with Gasteiger partial charge in [0.1, 0.15) is 0 Å². The van der Waals surface area contributed by atoms with Gasteiger partial charge in [0, 0.05) is 30.7 Å². The van der Waals surface area contributed by atoms with Gasteiger partial charge in [0.15, 0.2) is 0 Å². The Bertz CT molecular complexity index is 407. The number of nitrogens with one attached hydrogen (secondary N) is 1. The molecule has 1 saturated carbocycles. The molecule has 1 N–H and O–H groups in total. The van der Waals surface area contributed by atoms with Gasteiger partial charge in [-0.2, -0.15) is 0 Å². The lowest BCUT2D eigenvalue weighted by Gasteiger charge is -2.26. The molecule has 1 aliphatic carbocycles. The van der Waals surface area contributed by atoms with E-state index in [1.54, 1.807) is 7.11 Å². The van der Waals surface area contributed by atoms with E-state index in [4.69, 9.17) is 4.74 Å². The zero-order chi connectivity index (χ0) is 13.7. The largest absolute Gasteiger partial charge is 0.383 e. The van der Waals surface area contributed by atoms with Crippen LogP contribution in [0.3, 0.4) is 0 Å². The molecule has 0 unspecified atom stereocenters. The summed E-state index contributed by atoms with van der Waals surface area (Å²) < 4.78 is 6.41. The fourth-order valence-corrected chi connectivity index (χ4v) is 2.89. The number of anilines is 1. The first-order valence-electron chi connectivity index (χ1n) is 7.01. The van der Waals surface area contributed by atoms with Gasteiger partial charge in [-0.15, -0.1) is 0 Å². The van der Waals surface area contributed by atoms with E-state index in [2.05, 4.69) is 51.3 Å². The second-order valence-corrected chi connectivity index (χ2v) is 5.84. The molecule has 0 aromatic heterocycles. The average molecular weight is 327 g/mol. The summed E-state index contributed by atoms with van der Waals surface area (Å²) in [5.74, 6) is 0. The van der Waals surface area contributed by atoms with Crippen LogP contribution in [-0.4, -0.2) is 32.8 Å². The van der Waals surface area contributed by atoms with E-state index in [9.17, 15) is 0 Å². The molecule has 0 heterocycles. The first kappa shape index (κ1) is 14.8. The van der Waals surface area contributed by atoms with Crippen molar-refractivity contribution in [2.24, 2.45) is 0 Å². The van der Waals surface area contributed by atoms with Crippen LogP contribution in [0.15, 0.2) is 22.7 Å². The van der Waals surface area contributed by atoms with E-state index >= 15 is 0 Å². The van der Waals surface area contributed by atoms with Gasteiger partial charge in [-0.05, 0) is 53.0 Å². The Morgan fingerprint density at radius 1 is 1.42 bits per heavy atom. The number of methoxy groups -OCH3 is 1. The number of hydrogen-bond acceptors (Lipinski definition) is 3. The Morgan fingerprint density at radius 2 is 2.21 bits per heavy atom. The molecule has 1 fully saturated rings. The van der Waals surface area contributed by atoms with Crippen LogP contribution in [0.4, 0.5) is 5.69 Å². The van der Waals surface area contributed by atoms with Gasteiger partial charge in [-0.1, -0.05) is 13.0 Å². The second kappa shape index (κ2) is 7.27. The monoisotopic (exact) mass is 326 g/mol. The maximum Gasteiger partial charge on any atom is 0.0637 e. The maximum atomic E-state index is 5.22. The number of ether oxygens (including phenoxy) is 1. The van der Waals surface area contributed by atoms with Crippen LogP contribution in [0.25, 0.3) is 0 Å². The van der Waals surface area contributed by atoms with Crippen molar-refractivity contribution in [2.75, 3.05) is 31.7 Å². The first-order valence-corrected chi connectivity index (χ1v) is 7.80. The van der Waals surface area contributed by atoms with E-state index in [0.29, 0.717) is 6.04 Å². The molecule has 1 aliphatic rings. The molecule has 4 heteroatoms. The fraction of sp³-hybridized carbons (Fsp3) is 0.600. The van der Waals surface area contributed by atoms with Gasteiger partial charge >= 0.3 is 0 Å². The molecule has 0 bridgehead atoms. The molecule has 0 aliphatic heterocycles. The zero-order valence-corrected chi connectivity index (χ0v) is 13.4. The Labute approximate surface area is 124 Å². The van der Waals surface area contributed by atoms with Crippen LogP contribution in [0, 0.1) is 0 Å². The van der Waals surface area contributed by atoms with Crippen molar-refractivity contribution in [3.63, 3.8) is 0 Å². The quantitative estimate of drug-likeness (QED) is 0.794. The van der Waals surface area contributed by atoms with E-state index in [-0.39, 0.29) is 0 Å². The van der Waals surface area contributed by atoms with E-state index in [1.165, 1.54) is 28.6 Å². The van der Waals surface area contributed by atoms with E-state index in [1.807, 2.05) is 0 Å². The molecular weight excluding hydrogens is 304 g/mol. The Hall–Kier alpha value is -0.580. The van der Waals surface area contributed by atoms with Crippen molar-refractivity contribution < 1.29 is 4.74 Å². The molecule has 0 saturated heterocycles. The van der Waals surface area contributed by atoms with E-state index < -0.39 is 0 Å². The number of rotatable bonds is 8. The maximum absolute atomic E-state index is 5.22. The summed E-state index contributed by atoms with van der Waals surface area (Å²) in [7, 11) is 1.76. The topological polar surface area (TPSA) is 24.5 Å². The van der Waals surface area contributed by atoms with Gasteiger partial charge < -0.3 is 15.0 Å². The minimum absolute atomic E-state index is 0.700. The molecule has 106 valence electrons. The molecule has 1 aromatic carbocycles. The lowest BCUT2D eigenvalue weighted by Crippen LogP contribution is -2.29. The number of halogens is 1. The lowest BCUT2D eigenvalue weighted by atomic mass is 10.2. The predicted octanol–water partition coefficient (Wildman–Crippen LogP) is 3.17. The lowest BCUT2D eigenvalue weighted by molar-refractivity contribution is 0.205. The van der Waals surface area contributed by atoms with Crippen molar-refractivity contribution in [1.29, 1.82) is 0 Å². The van der Waals surface area contributed by atoms with Crippen molar-refractivity contribution in [3.05, 3.63) is 28.2 Å². The number of benzene rings is 1. The van der Waals surface area contributed by atoms with Crippen LogP contribution in [0.2, 0.25) is 0 Å². The molecule has 0 amide bonds. The SMILES string of the molecule is CCNCc1ccc(N(CCOC)C2CC2)c(Br)c1. The van der Waals surface area contributed by atoms with Crippen molar-refractivity contribution in [2.45, 2.75) is 32.4 Å². The van der Waals surface area contributed by atoms with Gasteiger partial charge in [-0.3, -0.25) is 0 Å². The predicted molar refractivity (Wildman–Crippen MR) is 83.8 cm³/mol. The summed E-state index contributed by atoms with van der Waals surface area (Å²) in [5.41, 5.74) is 2.61. The van der Waals surface area contributed by atoms with Gasteiger partial charge in [0.2, 0.25) is 0 Å². The summed E-state index contributed by atoms with van der Waals surface area (Å²) in [4.78, 5) is 2.46. The minimum atomic E-state index is 0.700. The van der Waals surface area contributed by atoms with Crippen LogP contribution >= 0.6 is 15.9 Å². The number of hydrogen-bond donors (Lipinski definition) is 1. The van der Waals surface area contributed by atoms with Crippen molar-refractivity contribution >= 4 is 21.6 Å². The number of nitrogens with zero attached hydrogens (tertiary/aromatic N) is 1. The highest BCUT2D eigenvalue weighted by atomic mass is 79.9. The summed E-state index contributed by atoms with van der Waals surface area (Å²) in [6.45, 7) is 5.80. The molecule has 0 radical (unpaired) electrons. The smallest absolute Gasteiger partial charge is 0.0637 e. The van der Waals surface area contributed by atoms with Crippen molar-refractivity contribution in [1.82, 2.24) is 5.32 Å². The minimum Gasteiger partial charge on any atom is -0.383 e. The third kappa shape index (κ3) is 4.20. The molecule has 3 nitrogen and oxygen atoms in total. The van der Waals surface area contributed by atoms with Gasteiger partial charge in [-0.25, -0.2) is 0 Å². The van der Waals surface area contributed by atoms with Gasteiger partial charge in [0.25, 0.3) is 0 Å². The van der Waals surface area contributed by atoms with Crippen LogP contribution in [-0.2, 0) is 11.3 Å². The second-order valence-electron chi connectivity index (χ2n) is 4.98. The molecule has 1 aromatic rings. The Morgan fingerprint density at radius 3 is 2.79 bits per heavy atom. The van der Waals surface area contributed by atoms with Crippen molar-refractivity contribution in [3.8, 4) is 0 Å². The molecule has 0 atom stereocenters. The summed E-state index contributed by atoms with van der Waals surface area (Å²) in [6.07, 6.45) is 2.60. The molecule has 19 heavy (non-hydrogen) atoms. The summed E-state index contributed by atoms with van der Waals surface area (Å²) in [6, 6.07) is 7.36. The highest BCUT2D eigenvalue weighted by molar-refractivity contribution is 9.10. The highest BCUT2D eigenvalue weighted by Gasteiger charge is 2.29. The highest BCUT2D eigenvalue weighted by Crippen LogP contribution is 2.36. The van der Waals surface area contributed by atoms with Crippen LogP contribution in [0.1, 0.15) is 25.3 Å². The van der Waals surface area contributed by atoms with Gasteiger partial charge in [0.05, 0.1) is 12.3 Å². The third-order valence-corrected chi connectivity index (χ3v) is 4.06. The first-order chi connectivity index (χ1) is 9.26. The summed E-state index contributed by atoms with van der Waals surface area (Å²) >= 11 is 3.72. The Balaban J connectivity index is 2.08. The zero-order valence-electron chi connectivity index (χ0n) is 11.8. The molecule has 0 spiro atoms. The fourth-order valence-electron chi connectivity index (χ4n) is 2.24. The normalized spacial score (nSPS) is 14.7. The molecule has 2 rings (SSSR count). The molecular formula is C15H23BrN2O. The van der Waals surface area contributed by atoms with Crippen LogP contribution in [0.5, 0.6) is 0 Å². The third-order valence-electron chi connectivity index (χ3n) is 3.42. The average Bonchev–Trinajstić information content (AvgIpc) is 3.23. The van der Waals surface area contributed by atoms with Crippen LogP contribution < -0.4 is 10.2 Å². The van der Waals surface area contributed by atoms with E-state index in [0.717, 1.165) is 26.2 Å². The Kier molecular flexibility index (Phi) is 5.67. The standard InChI is InChI=1S/C15H23BrN2O/c1-3-17-11-12-4-7-15(14(16)10-12)18(8-9-19-2)13-5-6-13/h4,7,10,13,17H,3,5-6,8-9,11H2,1-2H3. The summed E-state index contributed by atoms with van der Waals surface area (Å²) in [5, 5.41) is 3.36.